The lowest BCUT2D eigenvalue weighted by atomic mass is 9.97. The number of aliphatic carboxylic acids is 1. The molecule has 74 heavy (non-hydrogen) atoms. The van der Waals surface area contributed by atoms with Gasteiger partial charge in [-0.2, -0.15) is 0 Å². The van der Waals surface area contributed by atoms with Gasteiger partial charge >= 0.3 is 5.97 Å². The summed E-state index contributed by atoms with van der Waals surface area (Å²) in [6, 6.07) is 46.4. The number of nitro groups is 2. The molecule has 0 unspecified atom stereocenters. The molecule has 2 amide bonds. The molecule has 0 saturated carbocycles. The Labute approximate surface area is 428 Å². The number of rotatable bonds is 12. The van der Waals surface area contributed by atoms with Gasteiger partial charge in [0.15, 0.2) is 5.78 Å². The van der Waals surface area contributed by atoms with E-state index >= 15 is 0 Å². The number of carbonyl (C=O) groups is 4. The third kappa shape index (κ3) is 12.2. The number of carboxylic acid groups (broad SMARTS) is 1. The van der Waals surface area contributed by atoms with E-state index in [1.54, 1.807) is 29.2 Å². The van der Waals surface area contributed by atoms with Gasteiger partial charge in [0.25, 0.3) is 11.4 Å². The van der Waals surface area contributed by atoms with Crippen molar-refractivity contribution in [2.45, 2.75) is 77.3 Å². The first kappa shape index (κ1) is 52.9. The van der Waals surface area contributed by atoms with E-state index in [1.807, 2.05) is 123 Å². The van der Waals surface area contributed by atoms with Crippen LogP contribution in [0, 0.1) is 20.2 Å². The quantitative estimate of drug-likeness (QED) is 0.0513. The van der Waals surface area contributed by atoms with Crippen molar-refractivity contribution in [3.05, 3.63) is 195 Å². The molecule has 2 aliphatic heterocycles. The van der Waals surface area contributed by atoms with E-state index in [0.29, 0.717) is 31.6 Å². The van der Waals surface area contributed by atoms with Gasteiger partial charge in [-0.1, -0.05) is 74.2 Å². The molecule has 2 saturated heterocycles. The van der Waals surface area contributed by atoms with Gasteiger partial charge < -0.3 is 30.6 Å². The van der Waals surface area contributed by atoms with Gasteiger partial charge in [-0.15, -0.1) is 0 Å². The van der Waals surface area contributed by atoms with Crippen molar-refractivity contribution < 1.29 is 34.1 Å². The molecule has 8 aromatic rings. The van der Waals surface area contributed by atoms with Crippen molar-refractivity contribution in [3.63, 3.8) is 0 Å². The van der Waals surface area contributed by atoms with Gasteiger partial charge in [0, 0.05) is 82.7 Å². The van der Waals surface area contributed by atoms with Crippen LogP contribution in [0.15, 0.2) is 158 Å². The number of non-ortho nitro benzene ring substituents is 2. The Hall–Kier alpha value is -8.92. The van der Waals surface area contributed by atoms with Gasteiger partial charge in [0.1, 0.15) is 6.04 Å². The Bertz CT molecular complexity index is 3280. The van der Waals surface area contributed by atoms with Crippen LogP contribution in [0.2, 0.25) is 0 Å². The van der Waals surface area contributed by atoms with Crippen LogP contribution in [-0.4, -0.2) is 83.5 Å². The number of likely N-dealkylation sites (tertiary alicyclic amines) is 2. The largest absolute Gasteiger partial charge is 0.480 e. The zero-order chi connectivity index (χ0) is 51.8. The number of carboxylic acids is 1. The number of ketones is 1. The molecule has 0 spiro atoms. The van der Waals surface area contributed by atoms with Gasteiger partial charge in [-0.25, -0.2) is 4.79 Å². The number of nitrogens with two attached hydrogens (primary N) is 1. The highest BCUT2D eigenvalue weighted by atomic mass is 16.6. The van der Waals surface area contributed by atoms with E-state index in [-0.39, 0.29) is 60.7 Å². The average molecular weight is 998 g/mol. The minimum absolute atomic E-state index is 0. The molecule has 6 aromatic carbocycles. The van der Waals surface area contributed by atoms with Crippen LogP contribution in [0.3, 0.4) is 0 Å². The van der Waals surface area contributed by atoms with E-state index in [1.165, 1.54) is 29.2 Å². The second kappa shape index (κ2) is 23.5. The van der Waals surface area contributed by atoms with Crippen molar-refractivity contribution in [3.8, 4) is 22.5 Å². The number of hydrogen-bond acceptors (Lipinski definition) is 9. The normalized spacial score (nSPS) is 15.7. The number of benzene rings is 6. The van der Waals surface area contributed by atoms with Crippen LogP contribution in [-0.2, 0) is 25.6 Å². The second-order valence-electron chi connectivity index (χ2n) is 18.4. The molecule has 16 heteroatoms. The summed E-state index contributed by atoms with van der Waals surface area (Å²) in [7, 11) is 0. The lowest BCUT2D eigenvalue weighted by molar-refractivity contribution is -0.385. The van der Waals surface area contributed by atoms with Crippen LogP contribution < -0.4 is 5.73 Å². The summed E-state index contributed by atoms with van der Waals surface area (Å²) in [4.78, 5) is 80.5. The maximum atomic E-state index is 13.3. The summed E-state index contributed by atoms with van der Waals surface area (Å²) in [5.41, 5.74) is 14.8. The van der Waals surface area contributed by atoms with E-state index in [0.717, 1.165) is 73.9 Å². The standard InChI is InChI=1S/C29H27N3O4.C14H11N3O2.C14H17NO3.CH4/c1-19(21-6-3-2-4-7-21)29(34)31-15-5-8-27(31)28(33)17-20-9-14-25-23(16-20)18-26(30-25)22-10-12-24(13-11-22)32(35)36;15-11-3-6-13-10(7-11)8-14(16-13)9-1-4-12(5-2-9)17(18)19;1-10(11-6-3-2-4-7-11)13(16)15-9-5-8-12(15)14(17)18;/h2-4,6-7,9-14,16,18-19,27,30H,5,8,15,17H2,1H3;1-8,16H,15H2;2-4,6-7,10,12H,5,8-9H2,1H3,(H,17,18);1H4/t19-,27+;;10-,12+;/m1.1./s1. The Morgan fingerprint density at radius 2 is 1.04 bits per heavy atom. The van der Waals surface area contributed by atoms with Crippen molar-refractivity contribution in [2.75, 3.05) is 18.8 Å². The first-order valence-electron chi connectivity index (χ1n) is 24.1. The Morgan fingerprint density at radius 3 is 1.50 bits per heavy atom. The fourth-order valence-corrected chi connectivity index (χ4v) is 9.52. The summed E-state index contributed by atoms with van der Waals surface area (Å²) in [5, 5.41) is 32.6. The maximum Gasteiger partial charge on any atom is 0.326 e. The number of nitro benzene ring substituents is 2. The number of hydrogen-bond donors (Lipinski definition) is 4. The van der Waals surface area contributed by atoms with Gasteiger partial charge in [0.2, 0.25) is 11.8 Å². The number of H-pyrrole nitrogens is 2. The molecular formula is C58H59N7O9. The molecule has 16 nitrogen and oxygen atoms in total. The van der Waals surface area contributed by atoms with Gasteiger partial charge in [-0.05, 0) is 134 Å². The molecule has 4 heterocycles. The summed E-state index contributed by atoms with van der Waals surface area (Å²) >= 11 is 0. The molecule has 2 fully saturated rings. The summed E-state index contributed by atoms with van der Waals surface area (Å²) < 4.78 is 0. The number of nitrogens with one attached hydrogen (secondary N) is 2. The number of aromatic amines is 2. The minimum Gasteiger partial charge on any atom is -0.480 e. The predicted molar refractivity (Wildman–Crippen MR) is 287 cm³/mol. The highest BCUT2D eigenvalue weighted by Crippen LogP contribution is 2.31. The number of Topliss-reactive ketones (excluding diaryl/α,β-unsaturated/α-hetero) is 1. The number of nitrogen functional groups attached to an aromatic ring is 1. The number of anilines is 1. The van der Waals surface area contributed by atoms with Crippen LogP contribution >= 0.6 is 0 Å². The van der Waals surface area contributed by atoms with Crippen molar-refractivity contribution >= 4 is 62.4 Å². The number of fused-ring (bicyclic) bond motifs is 2. The summed E-state index contributed by atoms with van der Waals surface area (Å²) in [6.45, 7) is 4.89. The molecular weight excluding hydrogens is 939 g/mol. The highest BCUT2D eigenvalue weighted by molar-refractivity contribution is 5.94. The molecule has 10 rings (SSSR count). The van der Waals surface area contributed by atoms with E-state index in [9.17, 15) is 39.4 Å². The lowest BCUT2D eigenvalue weighted by Gasteiger charge is -2.27. The monoisotopic (exact) mass is 997 g/mol. The van der Waals surface area contributed by atoms with Gasteiger partial charge in [0.05, 0.1) is 27.7 Å². The smallest absolute Gasteiger partial charge is 0.326 e. The number of aromatic nitrogens is 2. The Balaban J connectivity index is 0.000000177. The van der Waals surface area contributed by atoms with Crippen molar-refractivity contribution in [1.82, 2.24) is 19.8 Å². The molecule has 0 aliphatic carbocycles. The average Bonchev–Trinajstić information content (AvgIpc) is 4.26. The van der Waals surface area contributed by atoms with Crippen LogP contribution in [0.25, 0.3) is 44.3 Å². The zero-order valence-electron chi connectivity index (χ0n) is 40.3. The number of carbonyl (C=O) groups excluding carboxylic acids is 3. The van der Waals surface area contributed by atoms with E-state index < -0.39 is 21.9 Å². The molecule has 5 N–H and O–H groups in total. The second-order valence-corrected chi connectivity index (χ2v) is 18.4. The van der Waals surface area contributed by atoms with E-state index in [2.05, 4.69) is 9.97 Å². The Kier molecular flexibility index (Phi) is 16.8. The molecule has 4 atom stereocenters. The molecule has 0 bridgehead atoms. The minimum atomic E-state index is -0.902. The maximum absolute atomic E-state index is 13.3. The lowest BCUT2D eigenvalue weighted by Crippen LogP contribution is -2.43. The molecule has 2 aliphatic rings. The van der Waals surface area contributed by atoms with Gasteiger partial charge in [-0.3, -0.25) is 34.6 Å². The van der Waals surface area contributed by atoms with E-state index in [4.69, 9.17) is 10.8 Å². The fraction of sp³-hybridized carbons (Fsp3) is 0.241. The van der Waals surface area contributed by atoms with Crippen LogP contribution in [0.5, 0.6) is 0 Å². The number of nitrogens with zero attached hydrogens (tertiary/aromatic N) is 4. The Morgan fingerprint density at radius 1 is 0.608 bits per heavy atom. The molecule has 380 valence electrons. The third-order valence-electron chi connectivity index (χ3n) is 13.6. The SMILES string of the molecule is C.C[C@@H](C(=O)N1CCC[C@H]1C(=O)Cc1ccc2[nH]c(-c3ccc([N+](=O)[O-])cc3)cc2c1)c1ccccc1.C[C@@H](C(=O)N1CCC[C@H]1C(=O)O)c1ccccc1.Nc1ccc2[nH]c(-c3ccc([N+](=O)[O-])cc3)cc2c1. The molecule has 2 aromatic heterocycles. The molecule has 0 radical (unpaired) electrons. The third-order valence-corrected chi connectivity index (χ3v) is 13.6. The fourth-order valence-electron chi connectivity index (χ4n) is 9.52. The topological polar surface area (TPSA) is 239 Å². The first-order chi connectivity index (χ1) is 35.1. The summed E-state index contributed by atoms with van der Waals surface area (Å²) in [5.74, 6) is -1.50. The van der Waals surface area contributed by atoms with Crippen LogP contribution in [0.1, 0.15) is 75.5 Å². The summed E-state index contributed by atoms with van der Waals surface area (Å²) in [6.07, 6.45) is 3.12. The number of amides is 2. The zero-order valence-corrected chi connectivity index (χ0v) is 40.3. The highest BCUT2D eigenvalue weighted by Gasteiger charge is 2.37. The first-order valence-corrected chi connectivity index (χ1v) is 24.1. The van der Waals surface area contributed by atoms with Crippen LogP contribution in [0.4, 0.5) is 17.1 Å². The van der Waals surface area contributed by atoms with Crippen molar-refractivity contribution in [2.24, 2.45) is 0 Å². The van der Waals surface area contributed by atoms with Crippen molar-refractivity contribution in [1.29, 1.82) is 0 Å². The predicted octanol–water partition coefficient (Wildman–Crippen LogP) is 11.5.